The molecule has 1 aliphatic rings. The van der Waals surface area contributed by atoms with Crippen molar-refractivity contribution in [2.45, 2.75) is 23.1 Å². The fourth-order valence-electron chi connectivity index (χ4n) is 4.10. The molecular formula is C25H26N2O7S2. The summed E-state index contributed by atoms with van der Waals surface area (Å²) >= 11 is 1.13. The number of thiophene rings is 1. The van der Waals surface area contributed by atoms with E-state index in [-0.39, 0.29) is 17.2 Å². The monoisotopic (exact) mass is 530 g/mol. The standard InChI is InChI=1S/C25H26N2O7S2/c1-32-18-9-10-20(22(14-18)33-2)26-23(28)16-34-24(29)15-21-19-7-4-3-6-17(19)11-12-27(21)36(30,31)25-8-5-13-35-25/h3-10,13-14,21H,11-12,15-16H2,1-2H3,(H,26,28). The van der Waals surface area contributed by atoms with Gasteiger partial charge in [-0.1, -0.05) is 30.3 Å². The lowest BCUT2D eigenvalue weighted by Crippen LogP contribution is -2.41. The SMILES string of the molecule is COc1ccc(NC(=O)COC(=O)CC2c3ccccc3CCN2S(=O)(=O)c2cccs2)c(OC)c1. The predicted octanol–water partition coefficient (Wildman–Crippen LogP) is 3.63. The van der Waals surface area contributed by atoms with E-state index in [0.29, 0.717) is 23.6 Å². The van der Waals surface area contributed by atoms with E-state index in [1.165, 1.54) is 18.5 Å². The minimum absolute atomic E-state index is 0.216. The second-order valence-corrected chi connectivity index (χ2v) is 11.1. The van der Waals surface area contributed by atoms with E-state index in [1.54, 1.807) is 35.7 Å². The van der Waals surface area contributed by atoms with Crippen molar-refractivity contribution in [1.29, 1.82) is 0 Å². The minimum Gasteiger partial charge on any atom is -0.497 e. The van der Waals surface area contributed by atoms with Crippen LogP contribution in [0.2, 0.25) is 0 Å². The number of methoxy groups -OCH3 is 2. The van der Waals surface area contributed by atoms with Crippen molar-refractivity contribution < 1.29 is 32.2 Å². The summed E-state index contributed by atoms with van der Waals surface area (Å²) in [6.07, 6.45) is 0.319. The van der Waals surface area contributed by atoms with Gasteiger partial charge in [0.25, 0.3) is 15.9 Å². The van der Waals surface area contributed by atoms with Crippen LogP contribution < -0.4 is 14.8 Å². The molecule has 0 fully saturated rings. The highest BCUT2D eigenvalue weighted by Gasteiger charge is 2.38. The Morgan fingerprint density at radius 3 is 2.61 bits per heavy atom. The molecule has 1 N–H and O–H groups in total. The lowest BCUT2D eigenvalue weighted by Gasteiger charge is -2.35. The van der Waals surface area contributed by atoms with Crippen molar-refractivity contribution in [2.75, 3.05) is 32.7 Å². The molecule has 0 bridgehead atoms. The van der Waals surface area contributed by atoms with Crippen LogP contribution in [0.3, 0.4) is 0 Å². The van der Waals surface area contributed by atoms with Crippen molar-refractivity contribution >= 4 is 38.9 Å². The van der Waals surface area contributed by atoms with Crippen LogP contribution >= 0.6 is 11.3 Å². The third-order valence-electron chi connectivity index (χ3n) is 5.83. The van der Waals surface area contributed by atoms with Crippen LogP contribution in [0.4, 0.5) is 5.69 Å². The predicted molar refractivity (Wildman–Crippen MR) is 135 cm³/mol. The van der Waals surface area contributed by atoms with Gasteiger partial charge >= 0.3 is 5.97 Å². The van der Waals surface area contributed by atoms with E-state index in [9.17, 15) is 18.0 Å². The third-order valence-corrected chi connectivity index (χ3v) is 9.11. The van der Waals surface area contributed by atoms with Gasteiger partial charge in [-0.2, -0.15) is 4.31 Å². The Labute approximate surface area is 213 Å². The first-order chi connectivity index (χ1) is 17.3. The van der Waals surface area contributed by atoms with Gasteiger partial charge in [0.05, 0.1) is 32.4 Å². The van der Waals surface area contributed by atoms with Crippen molar-refractivity contribution in [3.8, 4) is 11.5 Å². The number of hydrogen-bond acceptors (Lipinski definition) is 8. The number of benzene rings is 2. The van der Waals surface area contributed by atoms with E-state index in [0.717, 1.165) is 22.5 Å². The molecule has 0 saturated heterocycles. The van der Waals surface area contributed by atoms with Crippen LogP contribution in [-0.2, 0) is 30.8 Å². The number of anilines is 1. The van der Waals surface area contributed by atoms with Crippen LogP contribution in [0, 0.1) is 0 Å². The molecule has 0 saturated carbocycles. The molecule has 0 spiro atoms. The molecule has 36 heavy (non-hydrogen) atoms. The number of carbonyl (C=O) groups excluding carboxylic acids is 2. The first-order valence-electron chi connectivity index (χ1n) is 11.1. The normalized spacial score (nSPS) is 15.6. The van der Waals surface area contributed by atoms with Crippen molar-refractivity contribution in [3.05, 3.63) is 71.1 Å². The quantitative estimate of drug-likeness (QED) is 0.421. The van der Waals surface area contributed by atoms with Gasteiger partial charge in [0.2, 0.25) is 0 Å². The summed E-state index contributed by atoms with van der Waals surface area (Å²) in [5.74, 6) is -0.285. The second-order valence-electron chi connectivity index (χ2n) is 7.99. The number of amides is 1. The molecule has 1 aliphatic heterocycles. The van der Waals surface area contributed by atoms with E-state index in [2.05, 4.69) is 5.32 Å². The zero-order chi connectivity index (χ0) is 25.7. The molecule has 11 heteroatoms. The Morgan fingerprint density at radius 1 is 1.08 bits per heavy atom. The van der Waals surface area contributed by atoms with Crippen molar-refractivity contribution in [3.63, 3.8) is 0 Å². The number of sulfonamides is 1. The summed E-state index contributed by atoms with van der Waals surface area (Å²) < 4.78 is 43.8. The van der Waals surface area contributed by atoms with Gasteiger partial charge in [-0.25, -0.2) is 8.42 Å². The topological polar surface area (TPSA) is 111 Å². The summed E-state index contributed by atoms with van der Waals surface area (Å²) in [6, 6.07) is 14.8. The van der Waals surface area contributed by atoms with Crippen LogP contribution in [0.5, 0.6) is 11.5 Å². The second kappa shape index (κ2) is 11.1. The van der Waals surface area contributed by atoms with E-state index in [4.69, 9.17) is 14.2 Å². The number of rotatable bonds is 9. The number of fused-ring (bicyclic) bond motifs is 1. The molecule has 3 aromatic rings. The first-order valence-corrected chi connectivity index (χ1v) is 13.5. The summed E-state index contributed by atoms with van der Waals surface area (Å²) in [6.45, 7) is -0.285. The van der Waals surface area contributed by atoms with Gasteiger partial charge in [0, 0.05) is 12.6 Å². The minimum atomic E-state index is -3.80. The Bertz CT molecular complexity index is 1340. The number of carbonyl (C=O) groups is 2. The van der Waals surface area contributed by atoms with E-state index < -0.39 is 34.5 Å². The maximum absolute atomic E-state index is 13.3. The van der Waals surface area contributed by atoms with Crippen molar-refractivity contribution in [2.24, 2.45) is 0 Å². The van der Waals surface area contributed by atoms with Crippen LogP contribution in [-0.4, -0.2) is 52.0 Å². The van der Waals surface area contributed by atoms with Crippen LogP contribution in [0.25, 0.3) is 0 Å². The fourth-order valence-corrected chi connectivity index (χ4v) is 6.83. The molecule has 1 atom stereocenters. The number of nitrogens with one attached hydrogen (secondary N) is 1. The maximum atomic E-state index is 13.3. The Morgan fingerprint density at radius 2 is 1.89 bits per heavy atom. The molecule has 0 aliphatic carbocycles. The third kappa shape index (κ3) is 5.53. The van der Waals surface area contributed by atoms with Gasteiger partial charge in [0.15, 0.2) is 6.61 Å². The highest BCUT2D eigenvalue weighted by atomic mass is 32.2. The lowest BCUT2D eigenvalue weighted by molar-refractivity contribution is -0.148. The Kier molecular flexibility index (Phi) is 7.92. The fraction of sp³-hybridized carbons (Fsp3) is 0.280. The zero-order valence-corrected chi connectivity index (χ0v) is 21.4. The van der Waals surface area contributed by atoms with Gasteiger partial charge in [-0.05, 0) is 41.1 Å². The highest BCUT2D eigenvalue weighted by Crippen LogP contribution is 2.37. The Hall–Kier alpha value is -3.41. The summed E-state index contributed by atoms with van der Waals surface area (Å²) in [4.78, 5) is 25.2. The molecule has 190 valence electrons. The molecule has 2 aromatic carbocycles. The number of nitrogens with zero attached hydrogens (tertiary/aromatic N) is 1. The summed E-state index contributed by atoms with van der Waals surface area (Å²) in [5, 5.41) is 4.34. The van der Waals surface area contributed by atoms with Crippen molar-refractivity contribution in [1.82, 2.24) is 4.31 Å². The molecule has 2 heterocycles. The molecule has 1 aromatic heterocycles. The maximum Gasteiger partial charge on any atom is 0.308 e. The van der Waals surface area contributed by atoms with Gasteiger partial charge in [0.1, 0.15) is 15.7 Å². The number of ether oxygens (including phenoxy) is 3. The average molecular weight is 531 g/mol. The largest absolute Gasteiger partial charge is 0.497 e. The van der Waals surface area contributed by atoms with Crippen LogP contribution in [0.15, 0.2) is 64.2 Å². The molecule has 0 radical (unpaired) electrons. The van der Waals surface area contributed by atoms with Crippen LogP contribution in [0.1, 0.15) is 23.6 Å². The molecular weight excluding hydrogens is 504 g/mol. The molecule has 4 rings (SSSR count). The number of hydrogen-bond donors (Lipinski definition) is 1. The van der Waals surface area contributed by atoms with Gasteiger partial charge in [-0.3, -0.25) is 9.59 Å². The number of esters is 1. The zero-order valence-electron chi connectivity index (χ0n) is 19.8. The molecule has 9 nitrogen and oxygen atoms in total. The molecule has 1 unspecified atom stereocenters. The van der Waals surface area contributed by atoms with E-state index in [1.807, 2.05) is 24.3 Å². The molecule has 1 amide bonds. The van der Waals surface area contributed by atoms with E-state index >= 15 is 0 Å². The summed E-state index contributed by atoms with van der Waals surface area (Å²) in [5.41, 5.74) is 2.14. The lowest BCUT2D eigenvalue weighted by atomic mass is 9.92. The average Bonchev–Trinajstić information content (AvgIpc) is 3.44. The van der Waals surface area contributed by atoms with Gasteiger partial charge < -0.3 is 19.5 Å². The smallest absolute Gasteiger partial charge is 0.308 e. The highest BCUT2D eigenvalue weighted by molar-refractivity contribution is 7.91. The summed E-state index contributed by atoms with van der Waals surface area (Å²) in [7, 11) is -0.822. The van der Waals surface area contributed by atoms with Gasteiger partial charge in [-0.15, -0.1) is 11.3 Å². The first kappa shape index (κ1) is 25.7. The Balaban J connectivity index is 1.45.